The predicted molar refractivity (Wildman–Crippen MR) is 101 cm³/mol. The fourth-order valence-corrected chi connectivity index (χ4v) is 4.35. The van der Waals surface area contributed by atoms with E-state index in [9.17, 15) is 22.8 Å². The molecule has 6 nitrogen and oxygen atoms in total. The third-order valence-electron chi connectivity index (χ3n) is 5.71. The lowest BCUT2D eigenvalue weighted by Gasteiger charge is -2.35. The van der Waals surface area contributed by atoms with Crippen LogP contribution in [0.2, 0.25) is 5.02 Å². The summed E-state index contributed by atoms with van der Waals surface area (Å²) in [6.07, 6.45) is 0.0725. The van der Waals surface area contributed by atoms with Gasteiger partial charge in [0.2, 0.25) is 5.91 Å². The number of ether oxygens (including phenoxy) is 1. The molecule has 10 heteroatoms. The first-order valence-electron chi connectivity index (χ1n) is 9.54. The summed E-state index contributed by atoms with van der Waals surface area (Å²) in [6, 6.07) is 0.864. The Morgan fingerprint density at radius 1 is 1.28 bits per heavy atom. The molecular formula is C19H23ClF3N3O3. The minimum Gasteiger partial charge on any atom is -0.467 e. The van der Waals surface area contributed by atoms with Gasteiger partial charge < -0.3 is 15.0 Å². The van der Waals surface area contributed by atoms with E-state index in [-0.39, 0.29) is 22.7 Å². The Hall–Kier alpha value is -2.03. The number of carbonyl (C=O) groups is 2. The summed E-state index contributed by atoms with van der Waals surface area (Å²) in [5.74, 6) is -0.619. The van der Waals surface area contributed by atoms with Crippen LogP contribution >= 0.6 is 11.6 Å². The highest BCUT2D eigenvalue weighted by Crippen LogP contribution is 2.35. The highest BCUT2D eigenvalue weighted by atomic mass is 35.5. The fraction of sp³-hybridized carbons (Fsp3) is 0.632. The van der Waals surface area contributed by atoms with Crippen molar-refractivity contribution in [2.75, 3.05) is 25.1 Å². The molecule has 2 aliphatic rings. The number of halogens is 4. The molecule has 0 spiro atoms. The molecule has 1 saturated heterocycles. The first-order chi connectivity index (χ1) is 13.7. The molecule has 1 aromatic rings. The molecule has 2 heterocycles. The van der Waals surface area contributed by atoms with E-state index in [1.54, 1.807) is 4.90 Å². The molecule has 0 bridgehead atoms. The molecular weight excluding hydrogens is 411 g/mol. The summed E-state index contributed by atoms with van der Waals surface area (Å²) in [6.45, 7) is 0.864. The second-order valence-electron chi connectivity index (χ2n) is 7.56. The number of rotatable bonds is 4. The molecule has 1 aromatic heterocycles. The fourth-order valence-electron chi connectivity index (χ4n) is 4.06. The Morgan fingerprint density at radius 2 is 1.90 bits per heavy atom. The number of nitrogens with one attached hydrogen (secondary N) is 1. The molecule has 29 heavy (non-hydrogen) atoms. The summed E-state index contributed by atoms with van der Waals surface area (Å²) < 4.78 is 43.2. The van der Waals surface area contributed by atoms with E-state index in [1.165, 1.54) is 7.11 Å². The maximum Gasteiger partial charge on any atom is 0.417 e. The topological polar surface area (TPSA) is 71.5 Å². The quantitative estimate of drug-likeness (QED) is 0.735. The zero-order valence-corrected chi connectivity index (χ0v) is 16.8. The van der Waals surface area contributed by atoms with Gasteiger partial charge >= 0.3 is 12.1 Å². The number of amides is 1. The zero-order chi connectivity index (χ0) is 21.2. The minimum atomic E-state index is -4.50. The van der Waals surface area contributed by atoms with Crippen LogP contribution in [0.4, 0.5) is 19.0 Å². The summed E-state index contributed by atoms with van der Waals surface area (Å²) in [5, 5.41) is 2.83. The smallest absolute Gasteiger partial charge is 0.417 e. The van der Waals surface area contributed by atoms with Gasteiger partial charge in [-0.05, 0) is 31.7 Å². The normalized spacial score (nSPS) is 19.8. The van der Waals surface area contributed by atoms with Crippen LogP contribution < -0.4 is 10.2 Å². The summed E-state index contributed by atoms with van der Waals surface area (Å²) >= 11 is 6.02. The SMILES string of the molecule is COC(=O)C1(NC(=O)C2CCN(c3ncc(C(F)(F)F)cc3Cl)CC2)CCCC1. The average Bonchev–Trinajstić information content (AvgIpc) is 3.16. The predicted octanol–water partition coefficient (Wildman–Crippen LogP) is 3.57. The van der Waals surface area contributed by atoms with Crippen molar-refractivity contribution >= 4 is 29.3 Å². The molecule has 160 valence electrons. The van der Waals surface area contributed by atoms with E-state index in [1.807, 2.05) is 0 Å². The van der Waals surface area contributed by atoms with Gasteiger partial charge in [0.25, 0.3) is 0 Å². The molecule has 2 fully saturated rings. The maximum atomic E-state index is 12.8. The molecule has 1 N–H and O–H groups in total. The van der Waals surface area contributed by atoms with Crippen molar-refractivity contribution in [2.24, 2.45) is 5.92 Å². The van der Waals surface area contributed by atoms with Crippen LogP contribution in [0.3, 0.4) is 0 Å². The minimum absolute atomic E-state index is 0.0710. The summed E-state index contributed by atoms with van der Waals surface area (Å²) in [7, 11) is 1.31. The largest absolute Gasteiger partial charge is 0.467 e. The molecule has 0 atom stereocenters. The maximum absolute atomic E-state index is 12.8. The van der Waals surface area contributed by atoms with Crippen molar-refractivity contribution in [3.05, 3.63) is 22.8 Å². The number of alkyl halides is 3. The van der Waals surface area contributed by atoms with Gasteiger partial charge in [0, 0.05) is 25.2 Å². The van der Waals surface area contributed by atoms with Gasteiger partial charge in [-0.25, -0.2) is 9.78 Å². The monoisotopic (exact) mass is 433 g/mol. The molecule has 1 amide bonds. The zero-order valence-electron chi connectivity index (χ0n) is 16.0. The highest BCUT2D eigenvalue weighted by molar-refractivity contribution is 6.33. The van der Waals surface area contributed by atoms with Crippen molar-refractivity contribution in [3.63, 3.8) is 0 Å². The number of carbonyl (C=O) groups excluding carboxylic acids is 2. The first kappa shape index (κ1) is 21.7. The molecule has 0 unspecified atom stereocenters. The highest BCUT2D eigenvalue weighted by Gasteiger charge is 2.44. The van der Waals surface area contributed by atoms with E-state index < -0.39 is 23.2 Å². The number of esters is 1. The Labute approximate surface area is 171 Å². The van der Waals surface area contributed by atoms with Crippen LogP contribution in [0.5, 0.6) is 0 Å². The van der Waals surface area contributed by atoms with Gasteiger partial charge in [-0.15, -0.1) is 0 Å². The molecule has 1 aliphatic heterocycles. The van der Waals surface area contributed by atoms with Gasteiger partial charge in [0.1, 0.15) is 11.4 Å². The third kappa shape index (κ3) is 4.60. The Balaban J connectivity index is 1.62. The van der Waals surface area contributed by atoms with Crippen molar-refractivity contribution in [1.29, 1.82) is 0 Å². The van der Waals surface area contributed by atoms with E-state index in [2.05, 4.69) is 10.3 Å². The lowest BCUT2D eigenvalue weighted by molar-refractivity contribution is -0.151. The number of nitrogens with zero attached hydrogens (tertiary/aromatic N) is 2. The Morgan fingerprint density at radius 3 is 2.41 bits per heavy atom. The van der Waals surface area contributed by atoms with Crippen molar-refractivity contribution < 1.29 is 27.5 Å². The van der Waals surface area contributed by atoms with E-state index in [0.717, 1.165) is 25.1 Å². The molecule has 0 aromatic carbocycles. The van der Waals surface area contributed by atoms with Crippen LogP contribution in [0, 0.1) is 5.92 Å². The van der Waals surface area contributed by atoms with Gasteiger partial charge in [-0.1, -0.05) is 24.4 Å². The van der Waals surface area contributed by atoms with Crippen LogP contribution in [0.1, 0.15) is 44.1 Å². The van der Waals surface area contributed by atoms with Crippen LogP contribution in [0.15, 0.2) is 12.3 Å². The van der Waals surface area contributed by atoms with E-state index in [0.29, 0.717) is 38.8 Å². The van der Waals surface area contributed by atoms with Crippen LogP contribution in [0.25, 0.3) is 0 Å². The van der Waals surface area contributed by atoms with E-state index in [4.69, 9.17) is 16.3 Å². The lowest BCUT2D eigenvalue weighted by atomic mass is 9.92. The second-order valence-corrected chi connectivity index (χ2v) is 7.97. The van der Waals surface area contributed by atoms with Gasteiger partial charge in [0.15, 0.2) is 0 Å². The standard InChI is InChI=1S/C19H23ClF3N3O3/c1-29-17(28)18(6-2-3-7-18)25-16(27)12-4-8-26(9-5-12)15-14(20)10-13(11-24-15)19(21,22)23/h10-12H,2-9H2,1H3,(H,25,27). The number of methoxy groups -OCH3 is 1. The number of aromatic nitrogens is 1. The number of piperidine rings is 1. The third-order valence-corrected chi connectivity index (χ3v) is 5.99. The Kier molecular flexibility index (Phi) is 6.26. The van der Waals surface area contributed by atoms with Crippen LogP contribution in [-0.4, -0.2) is 42.6 Å². The molecule has 1 aliphatic carbocycles. The number of anilines is 1. The lowest BCUT2D eigenvalue weighted by Crippen LogP contribution is -2.55. The van der Waals surface area contributed by atoms with Gasteiger partial charge in [-0.3, -0.25) is 4.79 Å². The van der Waals surface area contributed by atoms with Crippen LogP contribution in [-0.2, 0) is 20.5 Å². The van der Waals surface area contributed by atoms with Gasteiger partial charge in [0.05, 0.1) is 17.7 Å². The number of hydrogen-bond acceptors (Lipinski definition) is 5. The van der Waals surface area contributed by atoms with Crippen molar-refractivity contribution in [1.82, 2.24) is 10.3 Å². The molecule has 3 rings (SSSR count). The average molecular weight is 434 g/mol. The summed E-state index contributed by atoms with van der Waals surface area (Å²) in [4.78, 5) is 30.6. The number of pyridine rings is 1. The van der Waals surface area contributed by atoms with Gasteiger partial charge in [-0.2, -0.15) is 13.2 Å². The number of hydrogen-bond donors (Lipinski definition) is 1. The van der Waals surface area contributed by atoms with Crippen molar-refractivity contribution in [3.8, 4) is 0 Å². The first-order valence-corrected chi connectivity index (χ1v) is 9.92. The molecule has 0 radical (unpaired) electrons. The van der Waals surface area contributed by atoms with E-state index >= 15 is 0 Å². The Bertz CT molecular complexity index is 774. The summed E-state index contributed by atoms with van der Waals surface area (Å²) in [5.41, 5.74) is -1.84. The molecule has 1 saturated carbocycles. The second kappa shape index (κ2) is 8.38. The van der Waals surface area contributed by atoms with Crippen molar-refractivity contribution in [2.45, 2.75) is 50.2 Å².